The highest BCUT2D eigenvalue weighted by Gasteiger charge is 2.46. The largest absolute Gasteiger partial charge is 0.352 e. The van der Waals surface area contributed by atoms with Gasteiger partial charge < -0.3 is 10.2 Å². The Bertz CT molecular complexity index is 1130. The summed E-state index contributed by atoms with van der Waals surface area (Å²) in [6.07, 6.45) is 2.58. The zero-order chi connectivity index (χ0) is 23.6. The molecule has 1 N–H and O–H groups in total. The molecule has 2 aromatic heterocycles. The average molecular weight is 472 g/mol. The minimum atomic E-state index is -2.99. The van der Waals surface area contributed by atoms with Gasteiger partial charge in [-0.25, -0.2) is 23.7 Å². The maximum atomic E-state index is 14.6. The second-order valence-corrected chi connectivity index (χ2v) is 8.79. The molecule has 2 atom stereocenters. The molecule has 1 aromatic carbocycles. The van der Waals surface area contributed by atoms with Crippen LogP contribution in [0.1, 0.15) is 29.5 Å². The summed E-state index contributed by atoms with van der Waals surface area (Å²) in [5.41, 5.74) is 2.22. The average Bonchev–Trinajstić information content (AvgIpc) is 2.79. The van der Waals surface area contributed by atoms with Crippen molar-refractivity contribution in [3.05, 3.63) is 71.3 Å². The number of amides is 1. The molecule has 3 heterocycles. The lowest BCUT2D eigenvalue weighted by Gasteiger charge is -2.43. The van der Waals surface area contributed by atoms with Crippen LogP contribution in [0.25, 0.3) is 11.1 Å². The number of anilines is 1. The van der Waals surface area contributed by atoms with E-state index in [4.69, 9.17) is 11.6 Å². The van der Waals surface area contributed by atoms with Gasteiger partial charge in [-0.2, -0.15) is 0 Å². The second kappa shape index (κ2) is 9.39. The van der Waals surface area contributed by atoms with Gasteiger partial charge in [0.1, 0.15) is 5.69 Å². The monoisotopic (exact) mass is 471 g/mol. The maximum Gasteiger partial charge on any atom is 0.273 e. The molecule has 0 bridgehead atoms. The summed E-state index contributed by atoms with van der Waals surface area (Å²) < 4.78 is 29.2. The van der Waals surface area contributed by atoms with E-state index in [1.54, 1.807) is 13.8 Å². The van der Waals surface area contributed by atoms with Gasteiger partial charge >= 0.3 is 0 Å². The third-order valence-corrected chi connectivity index (χ3v) is 5.95. The number of pyridine rings is 1. The van der Waals surface area contributed by atoms with Crippen molar-refractivity contribution < 1.29 is 13.6 Å². The van der Waals surface area contributed by atoms with Crippen LogP contribution in [0, 0.1) is 12.8 Å². The van der Waals surface area contributed by atoms with Gasteiger partial charge in [0.05, 0.1) is 30.0 Å². The number of carbonyl (C=O) groups excluding carboxylic acids is 1. The number of hydrogen-bond acceptors (Lipinski definition) is 5. The van der Waals surface area contributed by atoms with Gasteiger partial charge in [0, 0.05) is 24.2 Å². The molecule has 0 spiro atoms. The third kappa shape index (κ3) is 5.27. The molecule has 172 valence electrons. The summed E-state index contributed by atoms with van der Waals surface area (Å²) in [6, 6.07) is 12.5. The van der Waals surface area contributed by atoms with E-state index in [-0.39, 0.29) is 18.7 Å². The minimum absolute atomic E-state index is 0.166. The van der Waals surface area contributed by atoms with E-state index in [1.165, 1.54) is 17.3 Å². The number of nitrogens with one attached hydrogen (secondary N) is 1. The summed E-state index contributed by atoms with van der Waals surface area (Å²) in [5.74, 6) is -3.65. The Kier molecular flexibility index (Phi) is 6.56. The van der Waals surface area contributed by atoms with Crippen LogP contribution in [0.15, 0.2) is 54.9 Å². The summed E-state index contributed by atoms with van der Waals surface area (Å²) in [7, 11) is 0. The van der Waals surface area contributed by atoms with Crippen molar-refractivity contribution in [1.82, 2.24) is 19.9 Å². The van der Waals surface area contributed by atoms with Gasteiger partial charge in [0.2, 0.25) is 5.95 Å². The minimum Gasteiger partial charge on any atom is -0.352 e. The smallest absolute Gasteiger partial charge is 0.273 e. The summed E-state index contributed by atoms with van der Waals surface area (Å²) in [5, 5.41) is 3.44. The van der Waals surface area contributed by atoms with Crippen LogP contribution in [0.5, 0.6) is 0 Å². The molecular formula is C24H24ClF2N5O. The van der Waals surface area contributed by atoms with E-state index in [0.29, 0.717) is 22.2 Å². The molecule has 3 aromatic rings. The number of alkyl halides is 2. The first-order valence-corrected chi connectivity index (χ1v) is 11.0. The van der Waals surface area contributed by atoms with Crippen LogP contribution in [-0.2, 0) is 0 Å². The normalized spacial score (nSPS) is 19.8. The van der Waals surface area contributed by atoms with Crippen LogP contribution in [0.2, 0.25) is 5.02 Å². The summed E-state index contributed by atoms with van der Waals surface area (Å²) >= 11 is 5.83. The lowest BCUT2D eigenvalue weighted by Crippen LogP contribution is -2.57. The number of hydrogen-bond donors (Lipinski definition) is 1. The highest BCUT2D eigenvalue weighted by atomic mass is 35.5. The Morgan fingerprint density at radius 2 is 1.88 bits per heavy atom. The molecular weight excluding hydrogens is 448 g/mol. The fourth-order valence-electron chi connectivity index (χ4n) is 4.18. The first-order chi connectivity index (χ1) is 15.7. The van der Waals surface area contributed by atoms with Crippen molar-refractivity contribution in [2.75, 3.05) is 18.4 Å². The number of rotatable bonds is 5. The molecule has 1 amide bonds. The number of likely N-dealkylation sites (tertiary alicyclic amines) is 1. The standard InChI is InChI=1S/C24H24ClF2N5O/c1-15-10-24(26,27)14-32(20(15)13-30-23-28-11-18(25)12-29-23)22(33)21-19(9-8-16(2)31-21)17-6-4-3-5-7-17/h3-9,11-12,15,20H,10,13-14H2,1-2H3,(H,28,29,30). The fraction of sp³-hybridized carbons (Fsp3) is 0.333. The zero-order valence-electron chi connectivity index (χ0n) is 18.3. The van der Waals surface area contributed by atoms with E-state index >= 15 is 0 Å². The topological polar surface area (TPSA) is 71.0 Å². The molecule has 0 radical (unpaired) electrons. The van der Waals surface area contributed by atoms with Crippen LogP contribution >= 0.6 is 11.6 Å². The molecule has 1 aliphatic heterocycles. The number of aromatic nitrogens is 3. The first kappa shape index (κ1) is 23.0. The van der Waals surface area contributed by atoms with E-state index < -0.39 is 30.3 Å². The number of benzene rings is 1. The van der Waals surface area contributed by atoms with Gasteiger partial charge in [-0.05, 0) is 24.5 Å². The van der Waals surface area contributed by atoms with Crippen molar-refractivity contribution in [3.8, 4) is 11.1 Å². The number of piperidine rings is 1. The molecule has 1 fully saturated rings. The molecule has 4 rings (SSSR count). The van der Waals surface area contributed by atoms with Gasteiger partial charge in [-0.1, -0.05) is 54.9 Å². The van der Waals surface area contributed by atoms with Crippen LogP contribution < -0.4 is 5.32 Å². The molecule has 33 heavy (non-hydrogen) atoms. The second-order valence-electron chi connectivity index (χ2n) is 8.36. The number of halogens is 3. The SMILES string of the molecule is Cc1ccc(-c2ccccc2)c(C(=O)N2CC(F)(F)CC(C)C2CNc2ncc(Cl)cn2)n1. The van der Waals surface area contributed by atoms with Gasteiger partial charge in [0.15, 0.2) is 0 Å². The van der Waals surface area contributed by atoms with Crippen molar-refractivity contribution in [1.29, 1.82) is 0 Å². The highest BCUT2D eigenvalue weighted by molar-refractivity contribution is 6.30. The summed E-state index contributed by atoms with van der Waals surface area (Å²) in [4.78, 5) is 27.6. The Labute approximate surface area is 196 Å². The lowest BCUT2D eigenvalue weighted by atomic mass is 9.87. The Hall–Kier alpha value is -3.13. The molecule has 6 nitrogen and oxygen atoms in total. The van der Waals surface area contributed by atoms with Gasteiger partial charge in [-0.3, -0.25) is 4.79 Å². The third-order valence-electron chi connectivity index (χ3n) is 5.75. The van der Waals surface area contributed by atoms with Crippen LogP contribution in [-0.4, -0.2) is 50.8 Å². The van der Waals surface area contributed by atoms with E-state index in [9.17, 15) is 13.6 Å². The van der Waals surface area contributed by atoms with Gasteiger partial charge in [0.25, 0.3) is 11.8 Å². The van der Waals surface area contributed by atoms with Crippen LogP contribution in [0.4, 0.5) is 14.7 Å². The molecule has 2 unspecified atom stereocenters. The number of aryl methyl sites for hydroxylation is 1. The molecule has 9 heteroatoms. The van der Waals surface area contributed by atoms with Crippen molar-refractivity contribution >= 4 is 23.5 Å². The molecule has 1 saturated heterocycles. The Morgan fingerprint density at radius 1 is 1.18 bits per heavy atom. The predicted molar refractivity (Wildman–Crippen MR) is 123 cm³/mol. The molecule has 1 aliphatic rings. The van der Waals surface area contributed by atoms with Crippen molar-refractivity contribution in [2.24, 2.45) is 5.92 Å². The van der Waals surface area contributed by atoms with E-state index in [2.05, 4.69) is 20.3 Å². The Morgan fingerprint density at radius 3 is 2.58 bits per heavy atom. The highest BCUT2D eigenvalue weighted by Crippen LogP contribution is 2.36. The maximum absolute atomic E-state index is 14.6. The summed E-state index contributed by atoms with van der Waals surface area (Å²) in [6.45, 7) is 3.05. The quantitative estimate of drug-likeness (QED) is 0.560. The zero-order valence-corrected chi connectivity index (χ0v) is 19.1. The van der Waals surface area contributed by atoms with E-state index in [0.717, 1.165) is 5.56 Å². The van der Waals surface area contributed by atoms with E-state index in [1.807, 2.05) is 42.5 Å². The predicted octanol–water partition coefficient (Wildman–Crippen LogP) is 5.10. The van der Waals surface area contributed by atoms with Gasteiger partial charge in [-0.15, -0.1) is 0 Å². The molecule has 0 saturated carbocycles. The van der Waals surface area contributed by atoms with Crippen molar-refractivity contribution in [3.63, 3.8) is 0 Å². The number of nitrogens with zero attached hydrogens (tertiary/aromatic N) is 4. The lowest BCUT2D eigenvalue weighted by molar-refractivity contribution is -0.0898. The number of carbonyl (C=O) groups is 1. The molecule has 0 aliphatic carbocycles. The van der Waals surface area contributed by atoms with Crippen molar-refractivity contribution in [2.45, 2.75) is 32.2 Å². The fourth-order valence-corrected chi connectivity index (χ4v) is 4.28. The Balaban J connectivity index is 1.67. The first-order valence-electron chi connectivity index (χ1n) is 10.7. The van der Waals surface area contributed by atoms with Crippen LogP contribution in [0.3, 0.4) is 0 Å².